The van der Waals surface area contributed by atoms with Crippen molar-refractivity contribution in [3.8, 4) is 0 Å². The molecule has 0 aromatic heterocycles. The van der Waals surface area contributed by atoms with Crippen LogP contribution in [0.25, 0.3) is 0 Å². The van der Waals surface area contributed by atoms with E-state index in [0.717, 1.165) is 19.5 Å². The van der Waals surface area contributed by atoms with Crippen molar-refractivity contribution < 1.29 is 0 Å². The molecule has 0 aliphatic rings. The molecule has 2 heteroatoms. The van der Waals surface area contributed by atoms with Crippen LogP contribution in [-0.2, 0) is 6.54 Å². The molecule has 1 rings (SSSR count). The summed E-state index contributed by atoms with van der Waals surface area (Å²) in [5.74, 6) is 0.524. The monoisotopic (exact) mass is 265 g/mol. The van der Waals surface area contributed by atoms with E-state index < -0.39 is 0 Å². The average molecular weight is 266 g/mol. The molecule has 1 nitrogen and oxygen atoms in total. The molecule has 0 bridgehead atoms. The lowest BCUT2D eigenvalue weighted by Crippen LogP contribution is -2.30. The fourth-order valence-corrected chi connectivity index (χ4v) is 2.29. The molecule has 0 spiro atoms. The molecule has 1 aromatic rings. The van der Waals surface area contributed by atoms with E-state index in [1.807, 2.05) is 28.7 Å². The highest BCUT2D eigenvalue weighted by atomic mass is 35.5. The summed E-state index contributed by atoms with van der Waals surface area (Å²) in [5, 5.41) is 0. The summed E-state index contributed by atoms with van der Waals surface area (Å²) in [6.07, 6.45) is 2.99. The van der Waals surface area contributed by atoms with E-state index in [4.69, 9.17) is 11.8 Å². The lowest BCUT2D eigenvalue weighted by molar-refractivity contribution is 0.198. The summed E-state index contributed by atoms with van der Waals surface area (Å²) in [4.78, 5) is 0. The van der Waals surface area contributed by atoms with Gasteiger partial charge < -0.3 is 0 Å². The molecule has 0 heterocycles. The highest BCUT2D eigenvalue weighted by Gasteiger charge is 2.25. The third-order valence-electron chi connectivity index (χ3n) is 3.29. The Labute approximate surface area is 117 Å². The SMILES string of the molecule is C=CCC(CN(Cl)Cc1ccccc1)C(C)(C)C. The molecule has 0 N–H and O–H groups in total. The van der Waals surface area contributed by atoms with Crippen LogP contribution in [0.1, 0.15) is 32.8 Å². The third kappa shape index (κ3) is 5.24. The predicted octanol–water partition coefficient (Wildman–Crippen LogP) is 4.88. The van der Waals surface area contributed by atoms with Crippen molar-refractivity contribution in [3.63, 3.8) is 0 Å². The Bertz CT molecular complexity index is 353. The maximum atomic E-state index is 6.35. The van der Waals surface area contributed by atoms with Crippen LogP contribution in [0.2, 0.25) is 0 Å². The number of benzene rings is 1. The second-order valence-corrected chi connectivity index (χ2v) is 6.35. The molecule has 1 aromatic carbocycles. The quantitative estimate of drug-likeness (QED) is 0.523. The molecule has 0 aliphatic carbocycles. The van der Waals surface area contributed by atoms with Crippen molar-refractivity contribution in [1.82, 2.24) is 4.42 Å². The van der Waals surface area contributed by atoms with Gasteiger partial charge >= 0.3 is 0 Å². The van der Waals surface area contributed by atoms with Crippen molar-refractivity contribution in [1.29, 1.82) is 0 Å². The lowest BCUT2D eigenvalue weighted by atomic mass is 9.78. The lowest BCUT2D eigenvalue weighted by Gasteiger charge is -2.32. The number of hydrogen-bond donors (Lipinski definition) is 0. The fourth-order valence-electron chi connectivity index (χ4n) is 1.99. The Balaban J connectivity index is 2.56. The molecule has 1 atom stereocenters. The van der Waals surface area contributed by atoms with Crippen molar-refractivity contribution >= 4 is 11.8 Å². The van der Waals surface area contributed by atoms with Gasteiger partial charge in [-0.15, -0.1) is 6.58 Å². The second kappa shape index (κ2) is 6.96. The minimum atomic E-state index is 0.248. The van der Waals surface area contributed by atoms with Crippen molar-refractivity contribution in [2.45, 2.75) is 33.7 Å². The third-order valence-corrected chi connectivity index (χ3v) is 3.55. The number of nitrogens with zero attached hydrogens (tertiary/aromatic N) is 1. The minimum absolute atomic E-state index is 0.248. The van der Waals surface area contributed by atoms with Crippen LogP contribution in [0.3, 0.4) is 0 Å². The van der Waals surface area contributed by atoms with Gasteiger partial charge in [-0.2, -0.15) is 0 Å². The maximum Gasteiger partial charge on any atom is 0.0389 e. The Morgan fingerprint density at radius 3 is 2.39 bits per heavy atom. The Kier molecular flexibility index (Phi) is 5.90. The largest absolute Gasteiger partial charge is 0.215 e. The molecule has 1 unspecified atom stereocenters. The summed E-state index contributed by atoms with van der Waals surface area (Å²) < 4.78 is 1.88. The Hall–Kier alpha value is -0.790. The van der Waals surface area contributed by atoms with Gasteiger partial charge in [0, 0.05) is 13.1 Å². The van der Waals surface area contributed by atoms with Crippen LogP contribution < -0.4 is 0 Å². The normalized spacial score (nSPS) is 13.6. The van der Waals surface area contributed by atoms with Gasteiger partial charge in [0.25, 0.3) is 0 Å². The zero-order valence-electron chi connectivity index (χ0n) is 11.7. The average Bonchev–Trinajstić information content (AvgIpc) is 2.28. The predicted molar refractivity (Wildman–Crippen MR) is 80.5 cm³/mol. The van der Waals surface area contributed by atoms with Crippen molar-refractivity contribution in [2.75, 3.05) is 6.54 Å². The molecular weight excluding hydrogens is 242 g/mol. The highest BCUT2D eigenvalue weighted by Crippen LogP contribution is 2.30. The standard InChI is InChI=1S/C16H24ClN/c1-5-9-15(16(2,3)4)13-18(17)12-14-10-7-6-8-11-14/h5-8,10-11,15H,1,9,12-13H2,2-4H3. The van der Waals surface area contributed by atoms with Crippen molar-refractivity contribution in [2.24, 2.45) is 11.3 Å². The number of rotatable bonds is 6. The molecule has 0 aliphatic heterocycles. The topological polar surface area (TPSA) is 3.24 Å². The first-order valence-corrected chi connectivity index (χ1v) is 6.83. The summed E-state index contributed by atoms with van der Waals surface area (Å²) in [7, 11) is 0. The van der Waals surface area contributed by atoms with Crippen LogP contribution in [0.15, 0.2) is 43.0 Å². The van der Waals surface area contributed by atoms with E-state index in [-0.39, 0.29) is 5.41 Å². The van der Waals surface area contributed by atoms with Crippen LogP contribution in [0, 0.1) is 11.3 Å². The first-order chi connectivity index (χ1) is 8.43. The number of hydrogen-bond acceptors (Lipinski definition) is 1. The maximum absolute atomic E-state index is 6.35. The van der Waals surface area contributed by atoms with E-state index in [1.54, 1.807) is 0 Å². The van der Waals surface area contributed by atoms with Gasteiger partial charge in [-0.25, -0.2) is 4.42 Å². The van der Waals surface area contributed by atoms with Gasteiger partial charge in [0.2, 0.25) is 0 Å². The summed E-state index contributed by atoms with van der Waals surface area (Å²) >= 11 is 6.35. The van der Waals surface area contributed by atoms with Gasteiger partial charge in [0.15, 0.2) is 0 Å². The smallest absolute Gasteiger partial charge is 0.0389 e. The Morgan fingerprint density at radius 2 is 1.89 bits per heavy atom. The van der Waals surface area contributed by atoms with E-state index in [9.17, 15) is 0 Å². The van der Waals surface area contributed by atoms with Crippen LogP contribution in [0.5, 0.6) is 0 Å². The molecular formula is C16H24ClN. The summed E-state index contributed by atoms with van der Waals surface area (Å²) in [5.41, 5.74) is 1.50. The van der Waals surface area contributed by atoms with Crippen molar-refractivity contribution in [3.05, 3.63) is 48.6 Å². The van der Waals surface area contributed by atoms with Crippen LogP contribution >= 0.6 is 11.8 Å². The zero-order chi connectivity index (χ0) is 13.6. The zero-order valence-corrected chi connectivity index (χ0v) is 12.5. The van der Waals surface area contributed by atoms with E-state index >= 15 is 0 Å². The molecule has 0 saturated heterocycles. The minimum Gasteiger partial charge on any atom is -0.215 e. The molecule has 0 fully saturated rings. The highest BCUT2D eigenvalue weighted by molar-refractivity contribution is 6.13. The molecule has 0 saturated carbocycles. The number of allylic oxidation sites excluding steroid dienone is 1. The van der Waals surface area contributed by atoms with E-state index in [0.29, 0.717) is 5.92 Å². The second-order valence-electron chi connectivity index (χ2n) is 5.88. The molecule has 100 valence electrons. The number of halogens is 1. The molecule has 18 heavy (non-hydrogen) atoms. The summed E-state index contributed by atoms with van der Waals surface area (Å²) in [6.45, 7) is 12.3. The van der Waals surface area contributed by atoms with E-state index in [1.165, 1.54) is 5.56 Å². The van der Waals surface area contributed by atoms with E-state index in [2.05, 4.69) is 39.5 Å². The fraction of sp³-hybridized carbons (Fsp3) is 0.500. The van der Waals surface area contributed by atoms with Gasteiger partial charge in [-0.3, -0.25) is 0 Å². The van der Waals surface area contributed by atoms with Gasteiger partial charge in [0.05, 0.1) is 0 Å². The molecule has 0 radical (unpaired) electrons. The first-order valence-electron chi connectivity index (χ1n) is 6.49. The van der Waals surface area contributed by atoms with Crippen LogP contribution in [0.4, 0.5) is 0 Å². The Morgan fingerprint density at radius 1 is 1.28 bits per heavy atom. The first kappa shape index (κ1) is 15.3. The molecule has 0 amide bonds. The van der Waals surface area contributed by atoms with Gasteiger partial charge in [0.1, 0.15) is 0 Å². The summed E-state index contributed by atoms with van der Waals surface area (Å²) in [6, 6.07) is 10.3. The van der Waals surface area contributed by atoms with Gasteiger partial charge in [-0.1, -0.05) is 57.2 Å². The van der Waals surface area contributed by atoms with Crippen LogP contribution in [-0.4, -0.2) is 11.0 Å². The van der Waals surface area contributed by atoms with Gasteiger partial charge in [-0.05, 0) is 35.1 Å².